The molecular weight excluding hydrogens is 635 g/mol. The van der Waals surface area contributed by atoms with Crippen molar-refractivity contribution in [1.82, 2.24) is 25.3 Å². The van der Waals surface area contributed by atoms with Gasteiger partial charge in [-0.1, -0.05) is 91.5 Å². The number of amides is 1. The summed E-state index contributed by atoms with van der Waals surface area (Å²) in [5.74, 6) is 0.427. The van der Waals surface area contributed by atoms with E-state index in [1.165, 1.54) is 6.20 Å². The van der Waals surface area contributed by atoms with E-state index in [-0.39, 0.29) is 36.3 Å². The van der Waals surface area contributed by atoms with Gasteiger partial charge in [0.15, 0.2) is 11.4 Å². The lowest BCUT2D eigenvalue weighted by atomic mass is 9.91. The maximum absolute atomic E-state index is 12.9. The van der Waals surface area contributed by atoms with Gasteiger partial charge in [0, 0.05) is 36.2 Å². The van der Waals surface area contributed by atoms with Gasteiger partial charge in [0.1, 0.15) is 5.69 Å². The van der Waals surface area contributed by atoms with Gasteiger partial charge in [-0.25, -0.2) is 15.0 Å². The minimum absolute atomic E-state index is 0.0110. The van der Waals surface area contributed by atoms with E-state index in [2.05, 4.69) is 56.4 Å². The average Bonchev–Trinajstić information content (AvgIpc) is 3.17. The molecular formula is C39H35N5O4S. The highest BCUT2D eigenvalue weighted by Gasteiger charge is 2.38. The van der Waals surface area contributed by atoms with Crippen molar-refractivity contribution in [3.63, 3.8) is 0 Å². The smallest absolute Gasteiger partial charge is 0.271 e. The second kappa shape index (κ2) is 15.0. The van der Waals surface area contributed by atoms with Gasteiger partial charge in [-0.3, -0.25) is 9.78 Å². The molecule has 10 heteroatoms. The van der Waals surface area contributed by atoms with Crippen molar-refractivity contribution in [2.45, 2.75) is 43.7 Å². The van der Waals surface area contributed by atoms with Crippen LogP contribution >= 0.6 is 11.8 Å². The second-order valence-corrected chi connectivity index (χ2v) is 12.9. The highest BCUT2D eigenvalue weighted by molar-refractivity contribution is 7.99. The van der Waals surface area contributed by atoms with Crippen molar-refractivity contribution >= 4 is 28.7 Å². The lowest BCUT2D eigenvalue weighted by Gasteiger charge is -2.41. The predicted octanol–water partition coefficient (Wildman–Crippen LogP) is 7.09. The summed E-state index contributed by atoms with van der Waals surface area (Å²) in [6, 6.07) is 33.5. The summed E-state index contributed by atoms with van der Waals surface area (Å²) < 4.78 is 13.3. The third-order valence-corrected chi connectivity index (χ3v) is 9.56. The third-order valence-electron chi connectivity index (χ3n) is 8.60. The van der Waals surface area contributed by atoms with Crippen molar-refractivity contribution in [1.29, 1.82) is 0 Å². The molecule has 1 aliphatic rings. The van der Waals surface area contributed by atoms with E-state index in [1.807, 2.05) is 72.8 Å². The largest absolute Gasteiger partial charge is 0.392 e. The summed E-state index contributed by atoms with van der Waals surface area (Å²) in [5.41, 5.74) is 7.46. The second-order valence-electron chi connectivity index (χ2n) is 11.9. The summed E-state index contributed by atoms with van der Waals surface area (Å²) in [6.45, 7) is 2.48. The summed E-state index contributed by atoms with van der Waals surface area (Å²) in [7, 11) is 0. The van der Waals surface area contributed by atoms with E-state index in [0.717, 1.165) is 38.9 Å². The van der Waals surface area contributed by atoms with E-state index in [0.29, 0.717) is 23.0 Å². The number of aliphatic hydroxyl groups excluding tert-OH is 1. The van der Waals surface area contributed by atoms with Gasteiger partial charge in [-0.2, -0.15) is 0 Å². The number of aromatic nitrogens is 4. The number of hydrogen-bond donors (Lipinski definition) is 2. The molecule has 1 fully saturated rings. The van der Waals surface area contributed by atoms with E-state index >= 15 is 0 Å². The fourth-order valence-corrected chi connectivity index (χ4v) is 6.86. The quantitative estimate of drug-likeness (QED) is 0.116. The number of carbonyl (C=O) groups is 1. The molecule has 0 radical (unpaired) electrons. The van der Waals surface area contributed by atoms with E-state index in [1.54, 1.807) is 30.2 Å². The van der Waals surface area contributed by atoms with E-state index in [4.69, 9.17) is 9.47 Å². The van der Waals surface area contributed by atoms with Gasteiger partial charge in [-0.05, 0) is 58.1 Å². The number of para-hydroxylation sites is 2. The predicted molar refractivity (Wildman–Crippen MR) is 188 cm³/mol. The molecule has 1 amide bonds. The Labute approximate surface area is 288 Å². The van der Waals surface area contributed by atoms with E-state index in [9.17, 15) is 9.90 Å². The Morgan fingerprint density at radius 1 is 0.796 bits per heavy atom. The topological polar surface area (TPSA) is 119 Å². The van der Waals surface area contributed by atoms with Gasteiger partial charge in [0.05, 0.1) is 36.0 Å². The zero-order chi connectivity index (χ0) is 33.6. The van der Waals surface area contributed by atoms with Gasteiger partial charge in [-0.15, -0.1) is 0 Å². The maximum atomic E-state index is 12.9. The first-order valence-corrected chi connectivity index (χ1v) is 17.1. The minimum atomic E-state index is -0.605. The zero-order valence-electron chi connectivity index (χ0n) is 26.8. The van der Waals surface area contributed by atoms with Crippen LogP contribution in [0.5, 0.6) is 0 Å². The molecule has 0 spiro atoms. The van der Waals surface area contributed by atoms with Gasteiger partial charge >= 0.3 is 0 Å². The number of ether oxygens (including phenoxy) is 2. The molecule has 0 bridgehead atoms. The summed E-state index contributed by atoms with van der Waals surface area (Å²) in [4.78, 5) is 30.5. The first kappa shape index (κ1) is 32.5. The average molecular weight is 670 g/mol. The van der Waals surface area contributed by atoms with Gasteiger partial charge in [0.2, 0.25) is 0 Å². The van der Waals surface area contributed by atoms with Crippen LogP contribution in [0.4, 0.5) is 0 Å². The molecule has 3 heterocycles. The van der Waals surface area contributed by atoms with Crippen LogP contribution in [-0.4, -0.2) is 42.8 Å². The number of aliphatic hydroxyl groups is 1. The Morgan fingerprint density at radius 2 is 1.55 bits per heavy atom. The molecule has 6 aromatic rings. The Balaban J connectivity index is 1.09. The molecule has 0 unspecified atom stereocenters. The number of nitrogens with zero attached hydrogens (tertiary/aromatic N) is 4. The lowest BCUT2D eigenvalue weighted by Crippen LogP contribution is -2.38. The molecule has 1 saturated heterocycles. The highest BCUT2D eigenvalue weighted by Crippen LogP contribution is 2.43. The van der Waals surface area contributed by atoms with Crippen LogP contribution in [0, 0.1) is 5.92 Å². The van der Waals surface area contributed by atoms with Crippen molar-refractivity contribution < 1.29 is 19.4 Å². The Hall–Kier alpha value is -5.00. The number of hydrogen-bond acceptors (Lipinski definition) is 9. The van der Waals surface area contributed by atoms with E-state index < -0.39 is 6.29 Å². The number of thioether (sulfide) groups is 1. The van der Waals surface area contributed by atoms with Crippen molar-refractivity contribution in [2.75, 3.05) is 5.75 Å². The number of benzene rings is 4. The van der Waals surface area contributed by atoms with Crippen LogP contribution in [-0.2, 0) is 22.6 Å². The Kier molecular flexibility index (Phi) is 9.99. The van der Waals surface area contributed by atoms with Crippen molar-refractivity contribution in [3.8, 4) is 11.1 Å². The Morgan fingerprint density at radius 3 is 2.35 bits per heavy atom. The SMILES string of the molecule is C[C@@H]1[C@H](CSc2ncccn2)O[C@H](c2cccc(-c3cccc(CNC(=O)c4cnc5ccccc5n4)c3)c2)O[C@@H]1c1ccc(CO)cc1. The molecule has 9 nitrogen and oxygen atoms in total. The first-order valence-electron chi connectivity index (χ1n) is 16.1. The summed E-state index contributed by atoms with van der Waals surface area (Å²) >= 11 is 1.57. The number of carbonyl (C=O) groups excluding carboxylic acids is 1. The molecule has 1 aliphatic heterocycles. The molecule has 2 N–H and O–H groups in total. The normalized spacial score (nSPS) is 19.1. The Bertz CT molecular complexity index is 2050. The first-order chi connectivity index (χ1) is 24.0. The monoisotopic (exact) mass is 669 g/mol. The zero-order valence-corrected chi connectivity index (χ0v) is 27.7. The van der Waals surface area contributed by atoms with Crippen LogP contribution < -0.4 is 5.32 Å². The summed E-state index contributed by atoms with van der Waals surface area (Å²) in [6.07, 6.45) is 4.02. The van der Waals surface area contributed by atoms with Crippen LogP contribution in [0.3, 0.4) is 0 Å². The fraction of sp³-hybridized carbons (Fsp3) is 0.205. The molecule has 246 valence electrons. The van der Waals surface area contributed by atoms with Crippen LogP contribution in [0.15, 0.2) is 127 Å². The standard InChI is InChI=1S/C39H35N5O4S/c1-25-35(24-49-39-40-17-6-18-41-39)47-38(48-36(25)28-15-13-26(23-45)14-16-28)31-10-5-9-30(20-31)29-8-4-7-27(19-29)21-43-37(46)34-22-42-32-11-2-3-12-33(32)44-34/h2-20,22,25,35-36,38,45H,21,23-24H2,1H3,(H,43,46)/t25-,35+,36+,38+/m1/s1. The number of nitrogens with one attached hydrogen (secondary N) is 1. The van der Waals surface area contributed by atoms with Crippen LogP contribution in [0.25, 0.3) is 22.2 Å². The number of fused-ring (bicyclic) bond motifs is 1. The van der Waals surface area contributed by atoms with Gasteiger partial charge in [0.25, 0.3) is 5.91 Å². The third kappa shape index (κ3) is 7.68. The molecule has 7 rings (SSSR count). The molecule has 0 aliphatic carbocycles. The van der Waals surface area contributed by atoms with Crippen LogP contribution in [0.1, 0.15) is 52.1 Å². The summed E-state index contributed by atoms with van der Waals surface area (Å²) in [5, 5.41) is 13.3. The molecule has 4 aromatic carbocycles. The van der Waals surface area contributed by atoms with Crippen molar-refractivity contribution in [2.24, 2.45) is 5.92 Å². The molecule has 0 saturated carbocycles. The highest BCUT2D eigenvalue weighted by atomic mass is 32.2. The van der Waals surface area contributed by atoms with Gasteiger partial charge < -0.3 is 19.9 Å². The number of rotatable bonds is 10. The lowest BCUT2D eigenvalue weighted by molar-refractivity contribution is -0.268. The molecule has 49 heavy (non-hydrogen) atoms. The fourth-order valence-electron chi connectivity index (χ4n) is 5.89. The molecule has 4 atom stereocenters. The van der Waals surface area contributed by atoms with Crippen molar-refractivity contribution in [3.05, 3.63) is 150 Å². The molecule has 2 aromatic heterocycles. The minimum Gasteiger partial charge on any atom is -0.392 e. The van der Waals surface area contributed by atoms with Crippen LogP contribution in [0.2, 0.25) is 0 Å². The maximum Gasteiger partial charge on any atom is 0.271 e.